The van der Waals surface area contributed by atoms with Crippen molar-refractivity contribution >= 4 is 11.9 Å². The summed E-state index contributed by atoms with van der Waals surface area (Å²) in [6.07, 6.45) is 0.0121. The Balaban J connectivity index is 2.82. The second kappa shape index (κ2) is 6.72. The zero-order chi connectivity index (χ0) is 14.4. The first-order valence-corrected chi connectivity index (χ1v) is 5.85. The van der Waals surface area contributed by atoms with Crippen molar-refractivity contribution in [2.75, 3.05) is 6.61 Å². The van der Waals surface area contributed by atoms with Gasteiger partial charge in [-0.2, -0.15) is 0 Å². The van der Waals surface area contributed by atoms with Crippen LogP contribution >= 0.6 is 0 Å². The Kier molecular flexibility index (Phi) is 5.29. The molecule has 19 heavy (non-hydrogen) atoms. The predicted molar refractivity (Wildman–Crippen MR) is 66.5 cm³/mol. The van der Waals surface area contributed by atoms with Crippen LogP contribution in [0.1, 0.15) is 19.4 Å². The van der Waals surface area contributed by atoms with Crippen LogP contribution in [0.15, 0.2) is 18.2 Å². The molecule has 0 aliphatic rings. The fraction of sp³-hybridized carbons (Fsp3) is 0.385. The molecular weight excluding hydrogens is 253 g/mol. The standard InChI is InChI=1S/C13H16FNO4/c1-3-19-12-5-4-9(6-10(12)14)7-11(13(17)18)15-8(2)16/h4-6,11H,3,7H2,1-2H3,(H,15,16)(H,17,18). The van der Waals surface area contributed by atoms with Crippen molar-refractivity contribution in [2.45, 2.75) is 26.3 Å². The van der Waals surface area contributed by atoms with Crippen LogP contribution in [0.25, 0.3) is 0 Å². The molecule has 2 N–H and O–H groups in total. The van der Waals surface area contributed by atoms with Gasteiger partial charge in [0.2, 0.25) is 5.91 Å². The maximum absolute atomic E-state index is 13.6. The zero-order valence-corrected chi connectivity index (χ0v) is 10.8. The number of amides is 1. The van der Waals surface area contributed by atoms with E-state index in [2.05, 4.69) is 5.32 Å². The number of rotatable bonds is 6. The number of benzene rings is 1. The minimum Gasteiger partial charge on any atom is -0.491 e. The topological polar surface area (TPSA) is 75.6 Å². The van der Waals surface area contributed by atoms with E-state index >= 15 is 0 Å². The number of carbonyl (C=O) groups excluding carboxylic acids is 1. The van der Waals surface area contributed by atoms with Crippen LogP contribution in [0.3, 0.4) is 0 Å². The molecule has 0 spiro atoms. The number of hydrogen-bond acceptors (Lipinski definition) is 3. The monoisotopic (exact) mass is 269 g/mol. The summed E-state index contributed by atoms with van der Waals surface area (Å²) in [5, 5.41) is 11.3. The molecule has 1 aromatic rings. The fourth-order valence-corrected chi connectivity index (χ4v) is 1.63. The summed E-state index contributed by atoms with van der Waals surface area (Å²) in [6.45, 7) is 3.32. The first-order chi connectivity index (χ1) is 8.93. The number of halogens is 1. The third-order valence-corrected chi connectivity index (χ3v) is 2.41. The number of ether oxygens (including phenoxy) is 1. The van der Waals surface area contributed by atoms with Crippen molar-refractivity contribution in [1.82, 2.24) is 5.32 Å². The number of nitrogens with one attached hydrogen (secondary N) is 1. The summed E-state index contributed by atoms with van der Waals surface area (Å²) in [7, 11) is 0. The molecule has 6 heteroatoms. The van der Waals surface area contributed by atoms with E-state index in [1.807, 2.05) is 0 Å². The lowest BCUT2D eigenvalue weighted by Crippen LogP contribution is -2.41. The lowest BCUT2D eigenvalue weighted by molar-refractivity contribution is -0.141. The van der Waals surface area contributed by atoms with Gasteiger partial charge >= 0.3 is 5.97 Å². The van der Waals surface area contributed by atoms with E-state index in [1.165, 1.54) is 19.1 Å². The van der Waals surface area contributed by atoms with Crippen molar-refractivity contribution < 1.29 is 23.8 Å². The molecule has 1 rings (SSSR count). The van der Waals surface area contributed by atoms with E-state index in [0.717, 1.165) is 0 Å². The summed E-state index contributed by atoms with van der Waals surface area (Å²) in [5.41, 5.74) is 0.474. The molecule has 1 atom stereocenters. The van der Waals surface area contributed by atoms with Crippen LogP contribution in [-0.2, 0) is 16.0 Å². The van der Waals surface area contributed by atoms with Crippen LogP contribution in [-0.4, -0.2) is 29.6 Å². The van der Waals surface area contributed by atoms with E-state index in [4.69, 9.17) is 9.84 Å². The summed E-state index contributed by atoms with van der Waals surface area (Å²) < 4.78 is 18.6. The molecule has 0 bridgehead atoms. The van der Waals surface area contributed by atoms with E-state index in [-0.39, 0.29) is 12.2 Å². The van der Waals surface area contributed by atoms with Gasteiger partial charge in [-0.05, 0) is 24.6 Å². The second-order valence-corrected chi connectivity index (χ2v) is 3.99. The number of carbonyl (C=O) groups is 2. The third kappa shape index (κ3) is 4.57. The summed E-state index contributed by atoms with van der Waals surface area (Å²) >= 11 is 0. The van der Waals surface area contributed by atoms with Crippen molar-refractivity contribution in [1.29, 1.82) is 0 Å². The van der Waals surface area contributed by atoms with E-state index in [0.29, 0.717) is 12.2 Å². The molecule has 0 saturated carbocycles. The molecule has 104 valence electrons. The first kappa shape index (κ1) is 14.9. The van der Waals surface area contributed by atoms with Crippen LogP contribution < -0.4 is 10.1 Å². The van der Waals surface area contributed by atoms with Crippen molar-refractivity contribution in [3.05, 3.63) is 29.6 Å². The van der Waals surface area contributed by atoms with Crippen LogP contribution in [0.5, 0.6) is 5.75 Å². The highest BCUT2D eigenvalue weighted by Gasteiger charge is 2.19. The van der Waals surface area contributed by atoms with Gasteiger partial charge in [0.15, 0.2) is 11.6 Å². The van der Waals surface area contributed by atoms with Gasteiger partial charge in [-0.15, -0.1) is 0 Å². The highest BCUT2D eigenvalue weighted by molar-refractivity contribution is 5.82. The van der Waals surface area contributed by atoms with Gasteiger partial charge in [0.1, 0.15) is 6.04 Å². The maximum Gasteiger partial charge on any atom is 0.326 e. The molecule has 0 aliphatic carbocycles. The Labute approximate surface area is 110 Å². The van der Waals surface area contributed by atoms with Crippen molar-refractivity contribution in [3.63, 3.8) is 0 Å². The van der Waals surface area contributed by atoms with Gasteiger partial charge in [0.05, 0.1) is 6.61 Å². The molecule has 0 radical (unpaired) electrons. The molecule has 1 amide bonds. The van der Waals surface area contributed by atoms with Crippen molar-refractivity contribution in [2.24, 2.45) is 0 Å². The molecule has 0 fully saturated rings. The zero-order valence-electron chi connectivity index (χ0n) is 10.8. The van der Waals surface area contributed by atoms with Gasteiger partial charge in [-0.3, -0.25) is 4.79 Å². The molecule has 0 saturated heterocycles. The van der Waals surface area contributed by atoms with Crippen LogP contribution in [0.2, 0.25) is 0 Å². The molecule has 5 nitrogen and oxygen atoms in total. The highest BCUT2D eigenvalue weighted by Crippen LogP contribution is 2.19. The Morgan fingerprint density at radius 3 is 2.63 bits per heavy atom. The quantitative estimate of drug-likeness (QED) is 0.817. The molecule has 0 aliphatic heterocycles. The fourth-order valence-electron chi connectivity index (χ4n) is 1.63. The molecule has 1 aromatic carbocycles. The number of aliphatic carboxylic acids is 1. The summed E-state index contributed by atoms with van der Waals surface area (Å²) in [5.74, 6) is -2.03. The van der Waals surface area contributed by atoms with Crippen molar-refractivity contribution in [3.8, 4) is 5.75 Å². The maximum atomic E-state index is 13.6. The lowest BCUT2D eigenvalue weighted by Gasteiger charge is -2.14. The number of carboxylic acid groups (broad SMARTS) is 1. The first-order valence-electron chi connectivity index (χ1n) is 5.85. The molecule has 0 aromatic heterocycles. The molecular formula is C13H16FNO4. The average Bonchev–Trinajstić information content (AvgIpc) is 2.31. The highest BCUT2D eigenvalue weighted by atomic mass is 19.1. The van der Waals surface area contributed by atoms with Gasteiger partial charge in [0.25, 0.3) is 0 Å². The summed E-state index contributed by atoms with van der Waals surface area (Å²) in [4.78, 5) is 21.8. The molecule has 0 heterocycles. The van der Waals surface area contributed by atoms with Crippen LogP contribution in [0.4, 0.5) is 4.39 Å². The smallest absolute Gasteiger partial charge is 0.326 e. The van der Waals surface area contributed by atoms with Crippen LogP contribution in [0, 0.1) is 5.82 Å². The SMILES string of the molecule is CCOc1ccc(CC(NC(C)=O)C(=O)O)cc1F. The Morgan fingerprint density at radius 2 is 2.16 bits per heavy atom. The minimum absolute atomic E-state index is 0.0121. The third-order valence-electron chi connectivity index (χ3n) is 2.41. The van der Waals surface area contributed by atoms with E-state index in [9.17, 15) is 14.0 Å². The van der Waals surface area contributed by atoms with Gasteiger partial charge in [-0.1, -0.05) is 6.07 Å². The van der Waals surface area contributed by atoms with E-state index in [1.54, 1.807) is 13.0 Å². The summed E-state index contributed by atoms with van der Waals surface area (Å²) in [6, 6.07) is 3.16. The lowest BCUT2D eigenvalue weighted by atomic mass is 10.1. The second-order valence-electron chi connectivity index (χ2n) is 3.99. The van der Waals surface area contributed by atoms with E-state index < -0.39 is 23.7 Å². The Bertz CT molecular complexity index is 476. The number of carboxylic acids is 1. The van der Waals surface area contributed by atoms with Gasteiger partial charge in [0, 0.05) is 13.3 Å². The minimum atomic E-state index is -1.16. The normalized spacial score (nSPS) is 11.7. The molecule has 1 unspecified atom stereocenters. The van der Waals surface area contributed by atoms with Gasteiger partial charge < -0.3 is 15.2 Å². The van der Waals surface area contributed by atoms with Gasteiger partial charge in [-0.25, -0.2) is 9.18 Å². The Morgan fingerprint density at radius 1 is 1.47 bits per heavy atom. The number of hydrogen-bond donors (Lipinski definition) is 2. The largest absolute Gasteiger partial charge is 0.491 e. The predicted octanol–water partition coefficient (Wildman–Crippen LogP) is 1.36. The average molecular weight is 269 g/mol. The Hall–Kier alpha value is -2.11.